The second-order valence-corrected chi connectivity index (χ2v) is 3.57. The quantitative estimate of drug-likeness (QED) is 0.708. The minimum absolute atomic E-state index is 0.444. The van der Waals surface area contributed by atoms with Crippen LogP contribution in [0.2, 0.25) is 0 Å². The lowest BCUT2D eigenvalue weighted by Gasteiger charge is -2.07. The van der Waals surface area contributed by atoms with Gasteiger partial charge in [0.05, 0.1) is 0 Å². The molecule has 72 valence electrons. The van der Waals surface area contributed by atoms with Crippen molar-refractivity contribution in [2.45, 2.75) is 32.1 Å². The number of hydrogen-bond acceptors (Lipinski definition) is 4. The van der Waals surface area contributed by atoms with Crippen LogP contribution >= 0.6 is 0 Å². The zero-order valence-corrected chi connectivity index (χ0v) is 7.92. The van der Waals surface area contributed by atoms with Crippen LogP contribution in [0.15, 0.2) is 4.52 Å². The van der Waals surface area contributed by atoms with E-state index < -0.39 is 0 Å². The first-order chi connectivity index (χ1) is 6.36. The van der Waals surface area contributed by atoms with Gasteiger partial charge in [-0.15, -0.1) is 0 Å². The van der Waals surface area contributed by atoms with Crippen LogP contribution in [0.3, 0.4) is 0 Å². The summed E-state index contributed by atoms with van der Waals surface area (Å²) in [5.74, 6) is 1.98. The zero-order valence-electron chi connectivity index (χ0n) is 7.92. The van der Waals surface area contributed by atoms with Gasteiger partial charge in [0, 0.05) is 19.4 Å². The summed E-state index contributed by atoms with van der Waals surface area (Å²) in [7, 11) is 0. The van der Waals surface area contributed by atoms with Gasteiger partial charge >= 0.3 is 0 Å². The summed E-state index contributed by atoms with van der Waals surface area (Å²) >= 11 is 0. The van der Waals surface area contributed by atoms with Gasteiger partial charge in [-0.05, 0) is 19.4 Å². The summed E-state index contributed by atoms with van der Waals surface area (Å²) in [5.41, 5.74) is 0. The summed E-state index contributed by atoms with van der Waals surface area (Å²) in [4.78, 5) is 4.26. The highest BCUT2D eigenvalue weighted by Gasteiger charge is 2.18. The molecule has 1 aromatic rings. The Morgan fingerprint density at radius 2 is 2.38 bits per heavy atom. The third kappa shape index (κ3) is 2.06. The molecule has 0 bridgehead atoms. The second-order valence-electron chi connectivity index (χ2n) is 3.57. The highest BCUT2D eigenvalue weighted by atomic mass is 16.5. The lowest BCUT2D eigenvalue weighted by molar-refractivity contribution is 0.381. The lowest BCUT2D eigenvalue weighted by atomic mass is 10.0. The average Bonchev–Trinajstić information content (AvgIpc) is 2.43. The van der Waals surface area contributed by atoms with Gasteiger partial charge in [-0.1, -0.05) is 11.6 Å². The molecule has 13 heavy (non-hydrogen) atoms. The largest absolute Gasteiger partial charge is 0.340 e. The normalized spacial score (nSPS) is 24.2. The summed E-state index contributed by atoms with van der Waals surface area (Å²) in [5, 5.41) is 7.34. The highest BCUT2D eigenvalue weighted by Crippen LogP contribution is 2.20. The Labute approximate surface area is 77.7 Å². The fraction of sp³-hybridized carbons (Fsp3) is 0.778. The minimum Gasteiger partial charge on any atom is -0.340 e. The van der Waals surface area contributed by atoms with E-state index in [2.05, 4.69) is 15.5 Å². The molecule has 0 aliphatic carbocycles. The molecule has 1 saturated heterocycles. The molecule has 1 aliphatic rings. The molecule has 1 fully saturated rings. The van der Waals surface area contributed by atoms with Crippen molar-refractivity contribution in [3.05, 3.63) is 11.7 Å². The molecule has 1 aliphatic heterocycles. The van der Waals surface area contributed by atoms with Gasteiger partial charge < -0.3 is 9.84 Å². The van der Waals surface area contributed by atoms with E-state index in [-0.39, 0.29) is 0 Å². The Morgan fingerprint density at radius 1 is 1.46 bits per heavy atom. The molecule has 1 unspecified atom stereocenters. The maximum atomic E-state index is 4.97. The van der Waals surface area contributed by atoms with Crippen molar-refractivity contribution < 1.29 is 4.52 Å². The summed E-state index contributed by atoms with van der Waals surface area (Å²) < 4.78 is 4.97. The maximum absolute atomic E-state index is 4.97. The molecule has 0 aromatic carbocycles. The molecule has 0 radical (unpaired) electrons. The van der Waals surface area contributed by atoms with Gasteiger partial charge in [-0.2, -0.15) is 4.98 Å². The van der Waals surface area contributed by atoms with Crippen LogP contribution in [0, 0.1) is 6.92 Å². The molecule has 1 aromatic heterocycles. The van der Waals surface area contributed by atoms with Crippen LogP contribution in [0.25, 0.3) is 0 Å². The average molecular weight is 181 g/mol. The molecule has 2 heterocycles. The summed E-state index contributed by atoms with van der Waals surface area (Å²) in [6, 6.07) is 0. The molecule has 1 N–H and O–H groups in total. The zero-order chi connectivity index (χ0) is 9.10. The molecule has 1 atom stereocenters. The molecule has 4 heteroatoms. The van der Waals surface area contributed by atoms with Crippen molar-refractivity contribution in [2.24, 2.45) is 0 Å². The van der Waals surface area contributed by atoms with Gasteiger partial charge in [0.15, 0.2) is 5.82 Å². The lowest BCUT2D eigenvalue weighted by Crippen LogP contribution is -2.20. The van der Waals surface area contributed by atoms with E-state index in [0.29, 0.717) is 11.8 Å². The molecule has 0 saturated carbocycles. The van der Waals surface area contributed by atoms with E-state index in [1.165, 1.54) is 19.3 Å². The molecular formula is C9H15N3O. The molecule has 2 rings (SSSR count). The van der Waals surface area contributed by atoms with Crippen molar-refractivity contribution in [1.82, 2.24) is 15.5 Å². The third-order valence-corrected chi connectivity index (χ3v) is 2.46. The van der Waals surface area contributed by atoms with Crippen molar-refractivity contribution in [1.29, 1.82) is 0 Å². The van der Waals surface area contributed by atoms with Gasteiger partial charge in [-0.25, -0.2) is 0 Å². The molecular weight excluding hydrogens is 166 g/mol. The predicted molar refractivity (Wildman–Crippen MR) is 48.5 cm³/mol. The number of aromatic nitrogens is 2. The Morgan fingerprint density at radius 3 is 3.15 bits per heavy atom. The SMILES string of the molecule is Cc1nc(C2CCCCNC2)no1. The van der Waals surface area contributed by atoms with Gasteiger partial charge in [0.25, 0.3) is 0 Å². The Balaban J connectivity index is 2.06. The van der Waals surface area contributed by atoms with E-state index in [9.17, 15) is 0 Å². The molecule has 0 spiro atoms. The summed E-state index contributed by atoms with van der Waals surface area (Å²) in [6.45, 7) is 3.94. The van der Waals surface area contributed by atoms with Crippen LogP contribution in [-0.4, -0.2) is 23.2 Å². The van der Waals surface area contributed by atoms with E-state index in [1.54, 1.807) is 0 Å². The van der Waals surface area contributed by atoms with E-state index in [0.717, 1.165) is 18.9 Å². The van der Waals surface area contributed by atoms with Crippen LogP contribution in [0.4, 0.5) is 0 Å². The first kappa shape index (κ1) is 8.69. The maximum Gasteiger partial charge on any atom is 0.223 e. The molecule has 0 amide bonds. The van der Waals surface area contributed by atoms with Crippen LogP contribution < -0.4 is 5.32 Å². The highest BCUT2D eigenvalue weighted by molar-refractivity contribution is 4.96. The fourth-order valence-corrected chi connectivity index (χ4v) is 1.72. The Bertz CT molecular complexity index is 264. The van der Waals surface area contributed by atoms with Gasteiger partial charge in [0.2, 0.25) is 5.89 Å². The standard InChI is InChI=1S/C9H15N3O/c1-7-11-9(12-13-7)8-4-2-3-5-10-6-8/h8,10H,2-6H2,1H3. The van der Waals surface area contributed by atoms with Gasteiger partial charge in [0.1, 0.15) is 0 Å². The van der Waals surface area contributed by atoms with Crippen molar-refractivity contribution in [3.63, 3.8) is 0 Å². The van der Waals surface area contributed by atoms with Crippen molar-refractivity contribution in [3.8, 4) is 0 Å². The number of nitrogens with one attached hydrogen (secondary N) is 1. The topological polar surface area (TPSA) is 51.0 Å². The van der Waals surface area contributed by atoms with Crippen LogP contribution in [0.1, 0.15) is 36.9 Å². The van der Waals surface area contributed by atoms with E-state index >= 15 is 0 Å². The van der Waals surface area contributed by atoms with E-state index in [4.69, 9.17) is 4.52 Å². The van der Waals surface area contributed by atoms with Crippen LogP contribution in [-0.2, 0) is 0 Å². The second kappa shape index (κ2) is 3.87. The van der Waals surface area contributed by atoms with Crippen LogP contribution in [0.5, 0.6) is 0 Å². The molecule has 4 nitrogen and oxygen atoms in total. The smallest absolute Gasteiger partial charge is 0.223 e. The Hall–Kier alpha value is -0.900. The Kier molecular flexibility index (Phi) is 2.59. The van der Waals surface area contributed by atoms with Gasteiger partial charge in [-0.3, -0.25) is 0 Å². The van der Waals surface area contributed by atoms with E-state index in [1.807, 2.05) is 6.92 Å². The number of nitrogens with zero attached hydrogens (tertiary/aromatic N) is 2. The monoisotopic (exact) mass is 181 g/mol. The summed E-state index contributed by atoms with van der Waals surface area (Å²) in [6.07, 6.45) is 3.69. The van der Waals surface area contributed by atoms with Crippen molar-refractivity contribution >= 4 is 0 Å². The van der Waals surface area contributed by atoms with Crippen molar-refractivity contribution in [2.75, 3.05) is 13.1 Å². The first-order valence-electron chi connectivity index (χ1n) is 4.87. The number of hydrogen-bond donors (Lipinski definition) is 1. The number of aryl methyl sites for hydroxylation is 1. The first-order valence-corrected chi connectivity index (χ1v) is 4.87. The predicted octanol–water partition coefficient (Wildman–Crippen LogP) is 1.24. The third-order valence-electron chi connectivity index (χ3n) is 2.46. The number of rotatable bonds is 1. The fourth-order valence-electron chi connectivity index (χ4n) is 1.72. The minimum atomic E-state index is 0.444.